The number of anilines is 1. The van der Waals surface area contributed by atoms with E-state index in [0.29, 0.717) is 6.42 Å². The summed E-state index contributed by atoms with van der Waals surface area (Å²) >= 11 is 0. The fraction of sp³-hybridized carbons (Fsp3) is 0.579. The van der Waals surface area contributed by atoms with E-state index in [1.54, 1.807) is 0 Å². The van der Waals surface area contributed by atoms with Crippen molar-refractivity contribution in [3.63, 3.8) is 0 Å². The molecule has 1 amide bonds. The Hall–Kier alpha value is -2.74. The van der Waals surface area contributed by atoms with Crippen LogP contribution >= 0.6 is 0 Å². The molecule has 1 fully saturated rings. The van der Waals surface area contributed by atoms with Crippen LogP contribution in [0, 0.1) is 17.2 Å². The van der Waals surface area contributed by atoms with E-state index in [9.17, 15) is 25.1 Å². The van der Waals surface area contributed by atoms with Crippen LogP contribution in [0.3, 0.4) is 0 Å². The molecule has 0 spiro atoms. The lowest BCUT2D eigenvalue weighted by atomic mass is 10.0. The normalized spacial score (nSPS) is 23.8. The molecule has 1 saturated heterocycles. The lowest BCUT2D eigenvalue weighted by Gasteiger charge is -2.16. The van der Waals surface area contributed by atoms with E-state index in [0.717, 1.165) is 23.8 Å². The SMILES string of the molecule is CCCC/C=C\CCOC(=O)Nc1ccn([C@@H]2O[C@H](CO)[C@@H](O)[C@@H]2C#N)c(=O)n1. The number of carbonyl (C=O) groups excluding carboxylic acids is 1. The molecule has 0 bridgehead atoms. The summed E-state index contributed by atoms with van der Waals surface area (Å²) in [5.41, 5.74) is -0.780. The van der Waals surface area contributed by atoms with Crippen molar-refractivity contribution in [1.82, 2.24) is 9.55 Å². The summed E-state index contributed by atoms with van der Waals surface area (Å²) in [5, 5.41) is 30.8. The molecule has 10 heteroatoms. The van der Waals surface area contributed by atoms with Gasteiger partial charge in [-0.15, -0.1) is 0 Å². The van der Waals surface area contributed by atoms with Crippen LogP contribution < -0.4 is 11.0 Å². The van der Waals surface area contributed by atoms with Gasteiger partial charge in [0.2, 0.25) is 0 Å². The summed E-state index contributed by atoms with van der Waals surface area (Å²) in [6.07, 6.45) is 5.09. The first-order valence-electron chi connectivity index (χ1n) is 9.53. The van der Waals surface area contributed by atoms with Crippen molar-refractivity contribution in [2.24, 2.45) is 5.92 Å². The Labute approximate surface area is 168 Å². The maximum atomic E-state index is 12.3. The zero-order chi connectivity index (χ0) is 21.2. The topological polar surface area (TPSA) is 147 Å². The Morgan fingerprint density at radius 2 is 2.24 bits per heavy atom. The third kappa shape index (κ3) is 6.12. The fourth-order valence-electron chi connectivity index (χ4n) is 2.87. The van der Waals surface area contributed by atoms with Crippen LogP contribution in [0.15, 0.2) is 29.2 Å². The van der Waals surface area contributed by atoms with Crippen molar-refractivity contribution >= 4 is 11.9 Å². The summed E-state index contributed by atoms with van der Waals surface area (Å²) < 4.78 is 11.4. The van der Waals surface area contributed by atoms with Gasteiger partial charge in [0.25, 0.3) is 0 Å². The number of aromatic nitrogens is 2. The van der Waals surface area contributed by atoms with Crippen LogP contribution in [-0.4, -0.2) is 51.3 Å². The number of hydrogen-bond acceptors (Lipinski definition) is 8. The van der Waals surface area contributed by atoms with E-state index >= 15 is 0 Å². The number of amides is 1. The minimum absolute atomic E-state index is 0.0134. The van der Waals surface area contributed by atoms with Crippen LogP contribution in [0.25, 0.3) is 0 Å². The summed E-state index contributed by atoms with van der Waals surface area (Å²) in [7, 11) is 0. The molecule has 0 saturated carbocycles. The second kappa shape index (κ2) is 11.3. The average molecular weight is 406 g/mol. The highest BCUT2D eigenvalue weighted by Gasteiger charge is 2.45. The molecule has 0 aromatic carbocycles. The van der Waals surface area contributed by atoms with Gasteiger partial charge < -0.3 is 19.7 Å². The molecule has 29 heavy (non-hydrogen) atoms. The molecule has 0 unspecified atom stereocenters. The average Bonchev–Trinajstić information content (AvgIpc) is 3.02. The largest absolute Gasteiger partial charge is 0.449 e. The molecule has 1 aliphatic rings. The predicted octanol–water partition coefficient (Wildman–Crippen LogP) is 1.32. The number of aliphatic hydroxyl groups is 2. The minimum atomic E-state index is -1.23. The fourth-order valence-corrected chi connectivity index (χ4v) is 2.87. The molecule has 1 aromatic heterocycles. The highest BCUT2D eigenvalue weighted by molar-refractivity contribution is 5.83. The number of allylic oxidation sites excluding steroid dienone is 1. The van der Waals surface area contributed by atoms with Crippen LogP contribution in [0.4, 0.5) is 10.6 Å². The summed E-state index contributed by atoms with van der Waals surface area (Å²) in [5.74, 6) is -1.05. The number of ether oxygens (including phenoxy) is 2. The van der Waals surface area contributed by atoms with E-state index in [1.807, 2.05) is 18.2 Å². The molecule has 4 atom stereocenters. The van der Waals surface area contributed by atoms with Gasteiger partial charge in [0, 0.05) is 6.20 Å². The minimum Gasteiger partial charge on any atom is -0.449 e. The molecular weight excluding hydrogens is 380 g/mol. The van der Waals surface area contributed by atoms with Gasteiger partial charge in [-0.2, -0.15) is 10.2 Å². The number of aliphatic hydroxyl groups excluding tert-OH is 2. The van der Waals surface area contributed by atoms with Gasteiger partial charge >= 0.3 is 11.8 Å². The molecule has 3 N–H and O–H groups in total. The molecule has 0 radical (unpaired) electrons. The van der Waals surface area contributed by atoms with Gasteiger partial charge in [0.05, 0.1) is 19.3 Å². The highest BCUT2D eigenvalue weighted by Crippen LogP contribution is 2.33. The molecule has 2 rings (SSSR count). The van der Waals surface area contributed by atoms with Crippen LogP contribution in [0.2, 0.25) is 0 Å². The molecular formula is C19H26N4O6. The van der Waals surface area contributed by atoms with Gasteiger partial charge in [-0.3, -0.25) is 9.88 Å². The quantitative estimate of drug-likeness (QED) is 0.411. The zero-order valence-electron chi connectivity index (χ0n) is 16.2. The number of unbranched alkanes of at least 4 members (excludes halogenated alkanes) is 2. The highest BCUT2D eigenvalue weighted by atomic mass is 16.6. The molecule has 1 aliphatic heterocycles. The van der Waals surface area contributed by atoms with Crippen LogP contribution in [0.5, 0.6) is 0 Å². The Morgan fingerprint density at radius 3 is 2.90 bits per heavy atom. The summed E-state index contributed by atoms with van der Waals surface area (Å²) in [4.78, 5) is 27.8. The van der Waals surface area contributed by atoms with Crippen LogP contribution in [0.1, 0.15) is 38.8 Å². The lowest BCUT2D eigenvalue weighted by molar-refractivity contribution is -0.0469. The van der Waals surface area contributed by atoms with Crippen molar-refractivity contribution in [1.29, 1.82) is 5.26 Å². The van der Waals surface area contributed by atoms with Crippen molar-refractivity contribution in [2.75, 3.05) is 18.5 Å². The number of hydrogen-bond donors (Lipinski definition) is 3. The Kier molecular flexibility index (Phi) is 8.79. The maximum Gasteiger partial charge on any atom is 0.412 e. The lowest BCUT2D eigenvalue weighted by Crippen LogP contribution is -2.32. The second-order valence-corrected chi connectivity index (χ2v) is 6.56. The molecule has 0 aliphatic carbocycles. The van der Waals surface area contributed by atoms with E-state index in [2.05, 4.69) is 17.2 Å². The van der Waals surface area contributed by atoms with Gasteiger partial charge in [0.1, 0.15) is 23.9 Å². The van der Waals surface area contributed by atoms with Gasteiger partial charge in [-0.05, 0) is 18.9 Å². The predicted molar refractivity (Wildman–Crippen MR) is 103 cm³/mol. The second-order valence-electron chi connectivity index (χ2n) is 6.56. The van der Waals surface area contributed by atoms with Crippen molar-refractivity contribution < 1.29 is 24.5 Å². The first-order chi connectivity index (χ1) is 14.0. The summed E-state index contributed by atoms with van der Waals surface area (Å²) in [6.45, 7) is 1.83. The van der Waals surface area contributed by atoms with Crippen LogP contribution in [-0.2, 0) is 9.47 Å². The van der Waals surface area contributed by atoms with E-state index < -0.39 is 42.7 Å². The Bertz CT molecular complexity index is 803. The number of rotatable bonds is 9. The van der Waals surface area contributed by atoms with Crippen molar-refractivity contribution in [2.45, 2.75) is 51.0 Å². The molecule has 2 heterocycles. The zero-order valence-corrected chi connectivity index (χ0v) is 16.2. The van der Waals surface area contributed by atoms with E-state index in [-0.39, 0.29) is 12.4 Å². The summed E-state index contributed by atoms with van der Waals surface area (Å²) in [6, 6.07) is 3.23. The molecule has 10 nitrogen and oxygen atoms in total. The number of nitriles is 1. The number of nitrogens with one attached hydrogen (secondary N) is 1. The maximum absolute atomic E-state index is 12.3. The molecule has 158 valence electrons. The first kappa shape index (κ1) is 22.5. The first-order valence-corrected chi connectivity index (χ1v) is 9.53. The monoisotopic (exact) mass is 406 g/mol. The third-order valence-corrected chi connectivity index (χ3v) is 4.44. The van der Waals surface area contributed by atoms with E-state index in [4.69, 9.17) is 9.47 Å². The number of nitrogens with zero attached hydrogens (tertiary/aromatic N) is 3. The molecule has 1 aromatic rings. The van der Waals surface area contributed by atoms with E-state index in [1.165, 1.54) is 12.3 Å². The Balaban J connectivity index is 1.91. The smallest absolute Gasteiger partial charge is 0.412 e. The van der Waals surface area contributed by atoms with Gasteiger partial charge in [0.15, 0.2) is 6.23 Å². The van der Waals surface area contributed by atoms with Crippen molar-refractivity contribution in [3.8, 4) is 6.07 Å². The third-order valence-electron chi connectivity index (χ3n) is 4.44. The number of carbonyl (C=O) groups is 1. The van der Waals surface area contributed by atoms with Crippen molar-refractivity contribution in [3.05, 3.63) is 34.9 Å². The van der Waals surface area contributed by atoms with Gasteiger partial charge in [-0.25, -0.2) is 9.59 Å². The standard InChI is InChI=1S/C19H26N4O6/c1-2-3-4-5-6-7-10-28-19(27)22-15-8-9-23(18(26)21-15)17-13(11-20)16(25)14(12-24)29-17/h5-6,8-9,13-14,16-17,24-25H,2-4,7,10,12H2,1H3,(H,21,22,26,27)/b6-5-/t13-,14+,16-,17+/m0/s1. The van der Waals surface area contributed by atoms with Gasteiger partial charge in [-0.1, -0.05) is 31.9 Å². The Morgan fingerprint density at radius 1 is 1.48 bits per heavy atom.